The van der Waals surface area contributed by atoms with Crippen molar-refractivity contribution in [2.75, 3.05) is 26.7 Å². The highest BCUT2D eigenvalue weighted by Gasteiger charge is 2.33. The lowest BCUT2D eigenvalue weighted by molar-refractivity contribution is -0.138. The van der Waals surface area contributed by atoms with E-state index in [0.29, 0.717) is 38.2 Å². The number of aliphatic hydroxyl groups excluding tert-OH is 1. The highest BCUT2D eigenvalue weighted by atomic mass is 19.4. The number of carbonyl (C=O) groups is 1. The van der Waals surface area contributed by atoms with Crippen molar-refractivity contribution in [1.29, 1.82) is 0 Å². The summed E-state index contributed by atoms with van der Waals surface area (Å²) >= 11 is 0. The van der Waals surface area contributed by atoms with Crippen LogP contribution in [-0.4, -0.2) is 74.7 Å². The molecule has 3 atom stereocenters. The second-order valence-electron chi connectivity index (χ2n) is 9.33. The average Bonchev–Trinajstić information content (AvgIpc) is 3.26. The molecule has 0 unspecified atom stereocenters. The highest BCUT2D eigenvalue weighted by molar-refractivity contribution is 5.76. The molecule has 0 fully saturated rings. The Bertz CT molecular complexity index is 968. The van der Waals surface area contributed by atoms with Gasteiger partial charge < -0.3 is 14.7 Å². The lowest BCUT2D eigenvalue weighted by Crippen LogP contribution is -2.47. The quantitative estimate of drug-likeness (QED) is 0.661. The number of aromatic nitrogens is 3. The number of carbonyl (C=O) groups excluding carboxylic acids is 1. The van der Waals surface area contributed by atoms with Crippen molar-refractivity contribution in [3.63, 3.8) is 0 Å². The van der Waals surface area contributed by atoms with E-state index in [1.54, 1.807) is 40.7 Å². The standard InChI is InChI=1S/C24H34F3N5O3/c1-17-11-32(18(2)15-33)23(34)9-6-10-31-13-20(28-29-31)16-35-22(17)14-30(3)12-19-7-4-5-8-21(19)24(25,26)27/h4-5,7-8,13,17-18,22,33H,6,9-12,14-16H2,1-3H3/t17-,18-,22-/m0/s1. The first-order valence-electron chi connectivity index (χ1n) is 11.8. The van der Waals surface area contributed by atoms with Crippen molar-refractivity contribution < 1.29 is 27.8 Å². The molecule has 1 aliphatic rings. The van der Waals surface area contributed by atoms with Crippen molar-refractivity contribution >= 4 is 5.91 Å². The van der Waals surface area contributed by atoms with Crippen molar-refractivity contribution in [2.24, 2.45) is 5.92 Å². The van der Waals surface area contributed by atoms with E-state index in [1.165, 1.54) is 12.1 Å². The maximum absolute atomic E-state index is 13.5. The third-order valence-electron chi connectivity index (χ3n) is 6.30. The van der Waals surface area contributed by atoms with Gasteiger partial charge in [-0.1, -0.05) is 30.3 Å². The fourth-order valence-corrected chi connectivity index (χ4v) is 4.29. The van der Waals surface area contributed by atoms with Gasteiger partial charge in [0.2, 0.25) is 5.91 Å². The monoisotopic (exact) mass is 497 g/mol. The normalized spacial score (nSPS) is 21.4. The van der Waals surface area contributed by atoms with Crippen LogP contribution in [0.1, 0.15) is 43.5 Å². The fraction of sp³-hybridized carbons (Fsp3) is 0.625. The predicted molar refractivity (Wildman–Crippen MR) is 123 cm³/mol. The second kappa shape index (κ2) is 12.0. The summed E-state index contributed by atoms with van der Waals surface area (Å²) in [5, 5.41) is 17.9. The number of hydrogen-bond acceptors (Lipinski definition) is 6. The molecule has 1 N–H and O–H groups in total. The van der Waals surface area contributed by atoms with E-state index in [0.717, 1.165) is 6.07 Å². The Hall–Kier alpha value is -2.50. The maximum atomic E-state index is 13.5. The zero-order valence-corrected chi connectivity index (χ0v) is 20.4. The lowest BCUT2D eigenvalue weighted by atomic mass is 10.0. The Morgan fingerprint density at radius 1 is 1.31 bits per heavy atom. The molecule has 1 aliphatic heterocycles. The third kappa shape index (κ3) is 7.49. The van der Waals surface area contributed by atoms with Gasteiger partial charge in [-0.3, -0.25) is 14.4 Å². The molecule has 2 aromatic rings. The third-order valence-corrected chi connectivity index (χ3v) is 6.30. The predicted octanol–water partition coefficient (Wildman–Crippen LogP) is 2.95. The number of likely N-dealkylation sites (N-methyl/N-ethyl adjacent to an activating group) is 1. The lowest BCUT2D eigenvalue weighted by Gasteiger charge is -2.35. The number of amides is 1. The minimum Gasteiger partial charge on any atom is -0.394 e. The molecule has 0 aliphatic carbocycles. The summed E-state index contributed by atoms with van der Waals surface area (Å²) in [7, 11) is 1.75. The summed E-state index contributed by atoms with van der Waals surface area (Å²) in [6.07, 6.45) is -2.14. The number of aryl methyl sites for hydroxylation is 1. The second-order valence-corrected chi connectivity index (χ2v) is 9.33. The molecular formula is C24H34F3N5O3. The summed E-state index contributed by atoms with van der Waals surface area (Å²) in [5.41, 5.74) is 0.188. The van der Waals surface area contributed by atoms with Gasteiger partial charge in [0.25, 0.3) is 0 Å². The van der Waals surface area contributed by atoms with Crippen LogP contribution in [0, 0.1) is 5.92 Å². The molecule has 1 amide bonds. The van der Waals surface area contributed by atoms with E-state index in [4.69, 9.17) is 4.74 Å². The number of nitrogens with zero attached hydrogens (tertiary/aromatic N) is 5. The molecule has 194 valence electrons. The number of ether oxygens (including phenoxy) is 1. The van der Waals surface area contributed by atoms with Crippen molar-refractivity contribution in [3.8, 4) is 0 Å². The Kier molecular flexibility index (Phi) is 9.26. The molecule has 0 spiro atoms. The summed E-state index contributed by atoms with van der Waals surface area (Å²) in [5.74, 6) is -0.215. The van der Waals surface area contributed by atoms with Gasteiger partial charge in [0.05, 0.1) is 37.1 Å². The zero-order valence-electron chi connectivity index (χ0n) is 20.4. The van der Waals surface area contributed by atoms with E-state index < -0.39 is 17.8 Å². The highest BCUT2D eigenvalue weighted by Crippen LogP contribution is 2.32. The van der Waals surface area contributed by atoms with Gasteiger partial charge in [0.1, 0.15) is 5.69 Å². The Morgan fingerprint density at radius 2 is 2.06 bits per heavy atom. The van der Waals surface area contributed by atoms with E-state index in [1.807, 2.05) is 6.92 Å². The minimum atomic E-state index is -4.43. The smallest absolute Gasteiger partial charge is 0.394 e. The number of fused-ring (bicyclic) bond motifs is 2. The first-order valence-corrected chi connectivity index (χ1v) is 11.8. The van der Waals surface area contributed by atoms with E-state index in [2.05, 4.69) is 10.3 Å². The van der Waals surface area contributed by atoms with E-state index in [-0.39, 0.29) is 43.2 Å². The van der Waals surface area contributed by atoms with Gasteiger partial charge in [0.15, 0.2) is 0 Å². The molecule has 2 heterocycles. The van der Waals surface area contributed by atoms with Gasteiger partial charge >= 0.3 is 6.18 Å². The van der Waals surface area contributed by atoms with Crippen molar-refractivity contribution in [1.82, 2.24) is 24.8 Å². The molecule has 3 rings (SSSR count). The molecule has 0 saturated heterocycles. The van der Waals surface area contributed by atoms with Crippen LogP contribution < -0.4 is 0 Å². The number of aliphatic hydroxyl groups is 1. The van der Waals surface area contributed by atoms with E-state index >= 15 is 0 Å². The van der Waals surface area contributed by atoms with Crippen LogP contribution in [0.5, 0.6) is 0 Å². The van der Waals surface area contributed by atoms with Crippen molar-refractivity contribution in [2.45, 2.75) is 64.7 Å². The molecule has 8 nitrogen and oxygen atoms in total. The maximum Gasteiger partial charge on any atom is 0.416 e. The molecule has 1 aromatic heterocycles. The molecule has 35 heavy (non-hydrogen) atoms. The molecule has 2 bridgehead atoms. The Labute approximate surface area is 203 Å². The Balaban J connectivity index is 1.80. The topological polar surface area (TPSA) is 83.7 Å². The van der Waals surface area contributed by atoms with Crippen molar-refractivity contribution in [3.05, 3.63) is 47.3 Å². The van der Waals surface area contributed by atoms with Gasteiger partial charge in [-0.2, -0.15) is 13.2 Å². The number of hydrogen-bond donors (Lipinski definition) is 1. The summed E-state index contributed by atoms with van der Waals surface area (Å²) < 4.78 is 48.2. The van der Waals surface area contributed by atoms with Crippen LogP contribution in [0.2, 0.25) is 0 Å². The first kappa shape index (κ1) is 27.1. The number of benzene rings is 1. The Morgan fingerprint density at radius 3 is 2.77 bits per heavy atom. The molecule has 1 aromatic carbocycles. The molecule has 0 radical (unpaired) electrons. The van der Waals surface area contributed by atoms with Crippen LogP contribution in [0.4, 0.5) is 13.2 Å². The minimum absolute atomic E-state index is 0.0656. The van der Waals surface area contributed by atoms with Crippen LogP contribution in [0.3, 0.4) is 0 Å². The number of rotatable bonds is 6. The molecule has 11 heteroatoms. The van der Waals surface area contributed by atoms with Gasteiger partial charge in [-0.05, 0) is 32.0 Å². The average molecular weight is 498 g/mol. The summed E-state index contributed by atoms with van der Waals surface area (Å²) in [4.78, 5) is 16.4. The fourth-order valence-electron chi connectivity index (χ4n) is 4.29. The first-order chi connectivity index (χ1) is 16.6. The SMILES string of the molecule is C[C@H]1CN([C@@H](C)CO)C(=O)CCCn2cc(nn2)CO[C@H]1CN(C)Cc1ccccc1C(F)(F)F. The number of halogens is 3. The van der Waals surface area contributed by atoms with Crippen LogP contribution in [0.15, 0.2) is 30.5 Å². The van der Waals surface area contributed by atoms with Gasteiger partial charge in [-0.15, -0.1) is 5.10 Å². The van der Waals surface area contributed by atoms with Crippen LogP contribution in [-0.2, 0) is 35.4 Å². The van der Waals surface area contributed by atoms with Gasteiger partial charge in [0, 0.05) is 38.5 Å². The van der Waals surface area contributed by atoms with Crippen LogP contribution >= 0.6 is 0 Å². The molecular weight excluding hydrogens is 463 g/mol. The largest absolute Gasteiger partial charge is 0.416 e. The summed E-state index contributed by atoms with van der Waals surface area (Å²) in [6, 6.07) is 5.19. The zero-order chi connectivity index (χ0) is 25.6. The van der Waals surface area contributed by atoms with Gasteiger partial charge in [-0.25, -0.2) is 0 Å². The summed E-state index contributed by atoms with van der Waals surface area (Å²) in [6.45, 7) is 5.12. The number of alkyl halides is 3. The van der Waals surface area contributed by atoms with E-state index in [9.17, 15) is 23.1 Å². The molecule has 0 saturated carbocycles. The van der Waals surface area contributed by atoms with Crippen LogP contribution in [0.25, 0.3) is 0 Å².